The zero-order chi connectivity index (χ0) is 15.2. The fraction of sp³-hybridized carbons (Fsp3) is 0.294. The Morgan fingerprint density at radius 3 is 2.57 bits per heavy atom. The summed E-state index contributed by atoms with van der Waals surface area (Å²) < 4.78 is 10.5. The summed E-state index contributed by atoms with van der Waals surface area (Å²) in [5.41, 5.74) is 3.36. The molecule has 112 valence electrons. The summed E-state index contributed by atoms with van der Waals surface area (Å²) in [6.07, 6.45) is 1.02. The molecule has 0 radical (unpaired) electrons. The van der Waals surface area contributed by atoms with Gasteiger partial charge in [-0.25, -0.2) is 0 Å². The first-order valence-electron chi connectivity index (χ1n) is 6.91. The van der Waals surface area contributed by atoms with E-state index < -0.39 is 0 Å². The van der Waals surface area contributed by atoms with Gasteiger partial charge in [0.05, 0.1) is 19.2 Å². The van der Waals surface area contributed by atoms with Crippen molar-refractivity contribution in [3.8, 4) is 11.5 Å². The molecule has 0 heterocycles. The van der Waals surface area contributed by atoms with E-state index in [9.17, 15) is 0 Å². The summed E-state index contributed by atoms with van der Waals surface area (Å²) in [6, 6.07) is 12.2. The molecule has 0 atom stereocenters. The van der Waals surface area contributed by atoms with Crippen molar-refractivity contribution in [2.75, 3.05) is 19.5 Å². The van der Waals surface area contributed by atoms with Gasteiger partial charge in [0.2, 0.25) is 0 Å². The number of halogens is 1. The van der Waals surface area contributed by atoms with Crippen LogP contribution in [0.25, 0.3) is 0 Å². The van der Waals surface area contributed by atoms with Crippen LogP contribution in [0.2, 0.25) is 5.02 Å². The van der Waals surface area contributed by atoms with Crippen LogP contribution in [0.5, 0.6) is 11.5 Å². The van der Waals surface area contributed by atoms with Gasteiger partial charge in [-0.1, -0.05) is 36.7 Å². The van der Waals surface area contributed by atoms with E-state index in [0.717, 1.165) is 17.7 Å². The monoisotopic (exact) mass is 305 g/mol. The van der Waals surface area contributed by atoms with Crippen LogP contribution in [-0.2, 0) is 13.0 Å². The SMILES string of the molecule is CCc1cccc(NCc2ccc(OC)c(OC)c2Cl)c1. The second kappa shape index (κ2) is 7.23. The number of methoxy groups -OCH3 is 2. The van der Waals surface area contributed by atoms with Crippen molar-refractivity contribution in [3.63, 3.8) is 0 Å². The quantitative estimate of drug-likeness (QED) is 0.850. The molecule has 0 aliphatic rings. The standard InChI is InChI=1S/C17H20ClNO2/c1-4-12-6-5-7-14(10-12)19-11-13-8-9-15(20-2)17(21-3)16(13)18/h5-10,19H,4,11H2,1-3H3. The Labute approximate surface area is 130 Å². The van der Waals surface area contributed by atoms with Crippen molar-refractivity contribution < 1.29 is 9.47 Å². The van der Waals surface area contributed by atoms with Crippen LogP contribution in [0, 0.1) is 0 Å². The van der Waals surface area contributed by atoms with Gasteiger partial charge >= 0.3 is 0 Å². The van der Waals surface area contributed by atoms with E-state index in [-0.39, 0.29) is 0 Å². The highest BCUT2D eigenvalue weighted by molar-refractivity contribution is 6.33. The molecule has 0 aliphatic carbocycles. The van der Waals surface area contributed by atoms with E-state index in [4.69, 9.17) is 21.1 Å². The smallest absolute Gasteiger partial charge is 0.179 e. The fourth-order valence-electron chi connectivity index (χ4n) is 2.17. The lowest BCUT2D eigenvalue weighted by molar-refractivity contribution is 0.355. The molecular weight excluding hydrogens is 286 g/mol. The van der Waals surface area contributed by atoms with Crippen LogP contribution in [0.4, 0.5) is 5.69 Å². The summed E-state index contributed by atoms with van der Waals surface area (Å²) in [4.78, 5) is 0. The van der Waals surface area contributed by atoms with Crippen LogP contribution in [-0.4, -0.2) is 14.2 Å². The van der Waals surface area contributed by atoms with Gasteiger partial charge in [-0.05, 0) is 35.7 Å². The summed E-state index contributed by atoms with van der Waals surface area (Å²) in [7, 11) is 3.19. The molecule has 2 aromatic rings. The van der Waals surface area contributed by atoms with Gasteiger partial charge in [-0.3, -0.25) is 0 Å². The maximum Gasteiger partial charge on any atom is 0.179 e. The van der Waals surface area contributed by atoms with Gasteiger partial charge in [0, 0.05) is 12.2 Å². The summed E-state index contributed by atoms with van der Waals surface area (Å²) in [5, 5.41) is 3.96. The largest absolute Gasteiger partial charge is 0.493 e. The Bertz CT molecular complexity index is 614. The first kappa shape index (κ1) is 15.5. The van der Waals surface area contributed by atoms with Gasteiger partial charge in [0.1, 0.15) is 0 Å². The summed E-state index contributed by atoms with van der Waals surface area (Å²) in [6.45, 7) is 2.77. The minimum Gasteiger partial charge on any atom is -0.493 e. The Hall–Kier alpha value is -1.87. The molecule has 0 aromatic heterocycles. The first-order chi connectivity index (χ1) is 10.2. The average molecular weight is 306 g/mol. The highest BCUT2D eigenvalue weighted by atomic mass is 35.5. The van der Waals surface area contributed by atoms with E-state index >= 15 is 0 Å². The molecule has 0 saturated carbocycles. The number of nitrogens with one attached hydrogen (secondary N) is 1. The van der Waals surface area contributed by atoms with E-state index in [1.54, 1.807) is 14.2 Å². The molecule has 0 aliphatic heterocycles. The minimum atomic E-state index is 0.570. The molecule has 0 saturated heterocycles. The summed E-state index contributed by atoms with van der Waals surface area (Å²) >= 11 is 6.37. The van der Waals surface area contributed by atoms with Gasteiger partial charge in [-0.15, -0.1) is 0 Å². The second-order valence-corrected chi connectivity index (χ2v) is 5.06. The number of benzene rings is 2. The highest BCUT2D eigenvalue weighted by Crippen LogP contribution is 2.37. The van der Waals surface area contributed by atoms with Gasteiger partial charge in [0.15, 0.2) is 11.5 Å². The van der Waals surface area contributed by atoms with Crippen molar-refractivity contribution in [1.82, 2.24) is 0 Å². The lowest BCUT2D eigenvalue weighted by Crippen LogP contribution is -2.02. The molecule has 4 heteroatoms. The van der Waals surface area contributed by atoms with E-state index in [1.165, 1.54) is 5.56 Å². The molecule has 3 nitrogen and oxygen atoms in total. The molecule has 0 amide bonds. The maximum atomic E-state index is 6.37. The maximum absolute atomic E-state index is 6.37. The number of aryl methyl sites for hydroxylation is 1. The molecular formula is C17H20ClNO2. The molecule has 0 bridgehead atoms. The molecule has 1 N–H and O–H groups in total. The topological polar surface area (TPSA) is 30.5 Å². The number of rotatable bonds is 6. The van der Waals surface area contributed by atoms with Gasteiger partial charge in [-0.2, -0.15) is 0 Å². The Kier molecular flexibility index (Phi) is 5.34. The van der Waals surface area contributed by atoms with Crippen molar-refractivity contribution in [1.29, 1.82) is 0 Å². The Balaban J connectivity index is 2.16. The third kappa shape index (κ3) is 3.61. The molecule has 0 spiro atoms. The lowest BCUT2D eigenvalue weighted by atomic mass is 10.1. The zero-order valence-electron chi connectivity index (χ0n) is 12.6. The van der Waals surface area contributed by atoms with Crippen molar-refractivity contribution in [2.24, 2.45) is 0 Å². The van der Waals surface area contributed by atoms with Crippen LogP contribution >= 0.6 is 11.6 Å². The third-order valence-electron chi connectivity index (χ3n) is 3.38. The Morgan fingerprint density at radius 2 is 1.90 bits per heavy atom. The Morgan fingerprint density at radius 1 is 1.10 bits per heavy atom. The van der Waals surface area contributed by atoms with Crippen molar-refractivity contribution in [3.05, 3.63) is 52.5 Å². The van der Waals surface area contributed by atoms with Gasteiger partial charge < -0.3 is 14.8 Å². The summed E-state index contributed by atoms with van der Waals surface area (Å²) in [5.74, 6) is 1.21. The van der Waals surface area contributed by atoms with Gasteiger partial charge in [0.25, 0.3) is 0 Å². The van der Waals surface area contributed by atoms with E-state index in [0.29, 0.717) is 23.1 Å². The number of ether oxygens (including phenoxy) is 2. The zero-order valence-corrected chi connectivity index (χ0v) is 13.3. The van der Waals surface area contributed by atoms with Crippen LogP contribution in [0.15, 0.2) is 36.4 Å². The normalized spacial score (nSPS) is 10.3. The predicted octanol–water partition coefficient (Wildman–Crippen LogP) is 4.53. The average Bonchev–Trinajstić information content (AvgIpc) is 2.53. The predicted molar refractivity (Wildman–Crippen MR) is 87.7 cm³/mol. The van der Waals surface area contributed by atoms with Crippen molar-refractivity contribution in [2.45, 2.75) is 19.9 Å². The second-order valence-electron chi connectivity index (χ2n) is 4.68. The van der Waals surface area contributed by atoms with E-state index in [1.807, 2.05) is 18.2 Å². The molecule has 2 rings (SSSR count). The minimum absolute atomic E-state index is 0.570. The molecule has 2 aromatic carbocycles. The highest BCUT2D eigenvalue weighted by Gasteiger charge is 2.12. The number of anilines is 1. The lowest BCUT2D eigenvalue weighted by Gasteiger charge is -2.14. The fourth-order valence-corrected chi connectivity index (χ4v) is 2.47. The van der Waals surface area contributed by atoms with E-state index in [2.05, 4.69) is 30.4 Å². The number of hydrogen-bond acceptors (Lipinski definition) is 3. The number of hydrogen-bond donors (Lipinski definition) is 1. The van der Waals surface area contributed by atoms with Crippen molar-refractivity contribution >= 4 is 17.3 Å². The van der Waals surface area contributed by atoms with Crippen LogP contribution < -0.4 is 14.8 Å². The molecule has 0 fully saturated rings. The first-order valence-corrected chi connectivity index (χ1v) is 7.29. The van der Waals surface area contributed by atoms with Crippen LogP contribution in [0.3, 0.4) is 0 Å². The molecule has 0 unspecified atom stereocenters. The third-order valence-corrected chi connectivity index (χ3v) is 3.80. The van der Waals surface area contributed by atoms with Crippen LogP contribution in [0.1, 0.15) is 18.1 Å². The molecule has 21 heavy (non-hydrogen) atoms.